The van der Waals surface area contributed by atoms with E-state index in [2.05, 4.69) is 0 Å². The minimum atomic E-state index is -2.73. The molecule has 0 spiro atoms. The van der Waals surface area contributed by atoms with Crippen LogP contribution in [0, 0.1) is 0 Å². The summed E-state index contributed by atoms with van der Waals surface area (Å²) in [5.41, 5.74) is 8.58. The number of nitrogens with two attached hydrogens (primary N) is 1. The van der Waals surface area contributed by atoms with Gasteiger partial charge in [0.1, 0.15) is 0 Å². The summed E-state index contributed by atoms with van der Waals surface area (Å²) >= 11 is 0. The van der Waals surface area contributed by atoms with Crippen LogP contribution in [-0.2, 0) is 28.9 Å². The predicted octanol–water partition coefficient (Wildman–Crippen LogP) is 1.76. The molecule has 0 saturated carbocycles. The van der Waals surface area contributed by atoms with Gasteiger partial charge < -0.3 is 25.4 Å². The number of halogens is 1. The van der Waals surface area contributed by atoms with Crippen LogP contribution in [0.2, 0.25) is 0 Å². The molecule has 0 fully saturated rings. The van der Waals surface area contributed by atoms with Crippen LogP contribution < -0.4 is 15.2 Å². The lowest BCUT2D eigenvalue weighted by Crippen LogP contribution is -2.54. The Kier molecular flexibility index (Phi) is 6.08. The van der Waals surface area contributed by atoms with Crippen molar-refractivity contribution in [2.75, 3.05) is 0 Å². The van der Waals surface area contributed by atoms with Crippen molar-refractivity contribution in [3.8, 4) is 11.5 Å². The summed E-state index contributed by atoms with van der Waals surface area (Å²) in [6.45, 7) is 5.73. The van der Waals surface area contributed by atoms with Crippen molar-refractivity contribution in [2.45, 2.75) is 51.9 Å². The van der Waals surface area contributed by atoms with Crippen molar-refractivity contribution < 1.29 is 29.3 Å². The lowest BCUT2D eigenvalue weighted by atomic mass is 9.92. The van der Waals surface area contributed by atoms with Crippen LogP contribution in [-0.4, -0.2) is 34.0 Å². The maximum absolute atomic E-state index is 11.4. The number of rotatable bonds is 6. The Morgan fingerprint density at radius 3 is 2.17 bits per heavy atom. The molecule has 0 bridgehead atoms. The minimum absolute atomic E-state index is 0. The number of carbonyl (C=O) groups is 2. The van der Waals surface area contributed by atoms with Crippen molar-refractivity contribution in [1.29, 1.82) is 0 Å². The average Bonchev–Trinajstić information content (AvgIpc) is 2.86. The molecule has 1 unspecified atom stereocenters. The van der Waals surface area contributed by atoms with Crippen LogP contribution in [0.1, 0.15) is 37.5 Å². The van der Waals surface area contributed by atoms with Gasteiger partial charge in [-0.2, -0.15) is 0 Å². The average molecular weight is 360 g/mol. The molecule has 8 heteroatoms. The molecule has 134 valence electrons. The highest BCUT2D eigenvalue weighted by molar-refractivity contribution is 6.01. The highest BCUT2D eigenvalue weighted by Gasteiger charge is 2.58. The monoisotopic (exact) mass is 359 g/mol. The summed E-state index contributed by atoms with van der Waals surface area (Å²) < 4.78 is 10.5. The van der Waals surface area contributed by atoms with Crippen LogP contribution in [0.5, 0.6) is 11.5 Å². The Bertz CT molecular complexity index is 644. The van der Waals surface area contributed by atoms with Gasteiger partial charge in [0.25, 0.3) is 0 Å². The van der Waals surface area contributed by atoms with Crippen molar-refractivity contribution in [1.82, 2.24) is 0 Å². The molecular formula is C16H22ClNO6. The zero-order chi connectivity index (χ0) is 17.4. The van der Waals surface area contributed by atoms with E-state index < -0.39 is 17.7 Å². The van der Waals surface area contributed by atoms with E-state index in [0.717, 1.165) is 16.7 Å². The molecule has 1 aliphatic heterocycles. The summed E-state index contributed by atoms with van der Waals surface area (Å²) in [5.74, 6) is -5.79. The third kappa shape index (κ3) is 3.14. The second-order valence-corrected chi connectivity index (χ2v) is 5.64. The standard InChI is InChI=1S/C16H21NO6.ClH/c1-4-9-7-12-13(10(5-2)11(9)6-8(3)17)23-16(22-12,14(18)19)15(20)21;/h7-8H,4-6,17H2,1-3H3,(H,18,19)(H,20,21);1H. The van der Waals surface area contributed by atoms with E-state index in [9.17, 15) is 19.8 Å². The molecule has 1 aliphatic rings. The Balaban J connectivity index is 0.00000288. The lowest BCUT2D eigenvalue weighted by Gasteiger charge is -2.18. The highest BCUT2D eigenvalue weighted by Crippen LogP contribution is 2.45. The van der Waals surface area contributed by atoms with Gasteiger partial charge >= 0.3 is 17.7 Å². The minimum Gasteiger partial charge on any atom is -0.475 e. The Morgan fingerprint density at radius 2 is 1.75 bits per heavy atom. The maximum atomic E-state index is 11.4. The molecule has 0 aromatic heterocycles. The number of hydrogen-bond donors (Lipinski definition) is 3. The molecule has 0 aliphatic carbocycles. The zero-order valence-electron chi connectivity index (χ0n) is 13.8. The first-order chi connectivity index (χ1) is 10.8. The second-order valence-electron chi connectivity index (χ2n) is 5.64. The van der Waals surface area contributed by atoms with Crippen molar-refractivity contribution in [3.05, 3.63) is 22.8 Å². The number of carboxylic acids is 2. The molecule has 0 saturated heterocycles. The largest absolute Gasteiger partial charge is 0.475 e. The molecule has 7 nitrogen and oxygen atoms in total. The van der Waals surface area contributed by atoms with E-state index in [-0.39, 0.29) is 29.9 Å². The third-order valence-electron chi connectivity index (χ3n) is 3.88. The predicted molar refractivity (Wildman–Crippen MR) is 89.1 cm³/mol. The maximum Gasteiger partial charge on any atom is 0.453 e. The SMILES string of the molecule is CCc1cc2c(c(CC)c1CC(C)N)OC(C(=O)O)(C(=O)O)O2.Cl. The number of aliphatic carboxylic acids is 2. The summed E-state index contributed by atoms with van der Waals surface area (Å²) in [5, 5.41) is 18.5. The highest BCUT2D eigenvalue weighted by atomic mass is 35.5. The first-order valence-corrected chi connectivity index (χ1v) is 7.54. The molecular weight excluding hydrogens is 338 g/mol. The molecule has 1 aromatic rings. The van der Waals surface area contributed by atoms with Gasteiger partial charge in [0.05, 0.1) is 0 Å². The molecule has 0 radical (unpaired) electrons. The number of ether oxygens (including phenoxy) is 2. The first kappa shape index (κ1) is 20.1. The molecule has 4 N–H and O–H groups in total. The van der Waals surface area contributed by atoms with Gasteiger partial charge in [0.15, 0.2) is 11.5 Å². The fourth-order valence-corrected chi connectivity index (χ4v) is 2.83. The van der Waals surface area contributed by atoms with Crippen molar-refractivity contribution in [3.63, 3.8) is 0 Å². The van der Waals surface area contributed by atoms with Gasteiger partial charge in [0, 0.05) is 11.6 Å². The van der Waals surface area contributed by atoms with E-state index in [1.165, 1.54) is 0 Å². The number of carboxylic acid groups (broad SMARTS) is 2. The number of aryl methyl sites for hydroxylation is 1. The van der Waals surface area contributed by atoms with Gasteiger partial charge in [-0.1, -0.05) is 13.8 Å². The van der Waals surface area contributed by atoms with Crippen LogP contribution >= 0.6 is 12.4 Å². The Labute approximate surface area is 146 Å². The van der Waals surface area contributed by atoms with E-state index in [4.69, 9.17) is 15.2 Å². The van der Waals surface area contributed by atoms with Crippen LogP contribution in [0.15, 0.2) is 6.07 Å². The summed E-state index contributed by atoms with van der Waals surface area (Å²) in [7, 11) is 0. The van der Waals surface area contributed by atoms with E-state index >= 15 is 0 Å². The lowest BCUT2D eigenvalue weighted by molar-refractivity contribution is -0.194. The van der Waals surface area contributed by atoms with Crippen LogP contribution in [0.4, 0.5) is 0 Å². The molecule has 1 heterocycles. The molecule has 1 aromatic carbocycles. The number of benzene rings is 1. The zero-order valence-corrected chi connectivity index (χ0v) is 14.6. The third-order valence-corrected chi connectivity index (χ3v) is 3.88. The molecule has 0 amide bonds. The fraction of sp³-hybridized carbons (Fsp3) is 0.500. The Morgan fingerprint density at radius 1 is 1.17 bits per heavy atom. The smallest absolute Gasteiger partial charge is 0.453 e. The molecule has 24 heavy (non-hydrogen) atoms. The van der Waals surface area contributed by atoms with Crippen LogP contribution in [0.25, 0.3) is 0 Å². The van der Waals surface area contributed by atoms with Gasteiger partial charge in [0.2, 0.25) is 0 Å². The first-order valence-electron chi connectivity index (χ1n) is 7.54. The summed E-state index contributed by atoms with van der Waals surface area (Å²) in [6.07, 6.45) is 1.84. The normalized spacial score (nSPS) is 15.5. The van der Waals surface area contributed by atoms with Gasteiger partial charge in [-0.05, 0) is 43.4 Å². The van der Waals surface area contributed by atoms with Gasteiger partial charge in [-0.25, -0.2) is 9.59 Å². The topological polar surface area (TPSA) is 119 Å². The quantitative estimate of drug-likeness (QED) is 0.662. The number of hydrogen-bond acceptors (Lipinski definition) is 5. The van der Waals surface area contributed by atoms with E-state index in [1.54, 1.807) is 6.07 Å². The molecule has 1 atom stereocenters. The van der Waals surface area contributed by atoms with Crippen LogP contribution in [0.3, 0.4) is 0 Å². The number of fused-ring (bicyclic) bond motifs is 1. The van der Waals surface area contributed by atoms with E-state index in [0.29, 0.717) is 19.3 Å². The van der Waals surface area contributed by atoms with E-state index in [1.807, 2.05) is 20.8 Å². The van der Waals surface area contributed by atoms with Gasteiger partial charge in [-0.15, -0.1) is 12.4 Å². The fourth-order valence-electron chi connectivity index (χ4n) is 2.83. The second kappa shape index (κ2) is 7.27. The molecule has 2 rings (SSSR count). The van der Waals surface area contributed by atoms with Gasteiger partial charge in [-0.3, -0.25) is 0 Å². The Hall–Kier alpha value is -1.99. The summed E-state index contributed by atoms with van der Waals surface area (Å²) in [6, 6.07) is 1.56. The summed E-state index contributed by atoms with van der Waals surface area (Å²) in [4.78, 5) is 22.8. The van der Waals surface area contributed by atoms with Crippen molar-refractivity contribution in [2.24, 2.45) is 5.73 Å². The van der Waals surface area contributed by atoms with Crippen molar-refractivity contribution >= 4 is 24.3 Å².